The summed E-state index contributed by atoms with van der Waals surface area (Å²) in [6.45, 7) is 2.84. The maximum atomic E-state index is 12.3. The number of carbonyl (C=O) groups excluding carboxylic acids is 2. The molecule has 30 heavy (non-hydrogen) atoms. The fourth-order valence-corrected chi connectivity index (χ4v) is 3.14. The van der Waals surface area contributed by atoms with Crippen molar-refractivity contribution in [3.8, 4) is 6.07 Å². The molecule has 0 unspecified atom stereocenters. The van der Waals surface area contributed by atoms with Crippen molar-refractivity contribution >= 4 is 35.1 Å². The number of nitrogens with one attached hydrogen (secondary N) is 3. The Morgan fingerprint density at radius 2 is 2.00 bits per heavy atom. The van der Waals surface area contributed by atoms with Crippen LogP contribution >= 0.6 is 11.6 Å². The van der Waals surface area contributed by atoms with Crippen molar-refractivity contribution < 1.29 is 19.1 Å². The van der Waals surface area contributed by atoms with Crippen LogP contribution in [-0.4, -0.2) is 31.4 Å². The first kappa shape index (κ1) is 21.4. The molecule has 3 amide bonds. The summed E-state index contributed by atoms with van der Waals surface area (Å²) in [6, 6.07) is 12.9. The van der Waals surface area contributed by atoms with Gasteiger partial charge in [-0.15, -0.1) is 0 Å². The van der Waals surface area contributed by atoms with E-state index in [0.717, 1.165) is 5.56 Å². The molecule has 2 aromatic carbocycles. The van der Waals surface area contributed by atoms with Gasteiger partial charge in [-0.1, -0.05) is 23.7 Å². The maximum Gasteiger partial charge on any atom is 0.407 e. The van der Waals surface area contributed by atoms with Gasteiger partial charge in [-0.2, -0.15) is 5.26 Å². The predicted molar refractivity (Wildman–Crippen MR) is 113 cm³/mol. The Balaban J connectivity index is 1.56. The topological polar surface area (TPSA) is 112 Å². The van der Waals surface area contributed by atoms with Gasteiger partial charge in [0.25, 0.3) is 0 Å². The summed E-state index contributed by atoms with van der Waals surface area (Å²) < 4.78 is 10.5. The van der Waals surface area contributed by atoms with E-state index in [-0.39, 0.29) is 17.2 Å². The Labute approximate surface area is 179 Å². The van der Waals surface area contributed by atoms with Crippen LogP contribution in [0.2, 0.25) is 5.02 Å². The van der Waals surface area contributed by atoms with Gasteiger partial charge in [0.2, 0.25) is 0 Å². The van der Waals surface area contributed by atoms with Gasteiger partial charge in [0.1, 0.15) is 12.2 Å². The van der Waals surface area contributed by atoms with Crippen LogP contribution < -0.4 is 16.0 Å². The first-order valence-electron chi connectivity index (χ1n) is 9.37. The van der Waals surface area contributed by atoms with Crippen LogP contribution in [0.3, 0.4) is 0 Å². The quantitative estimate of drug-likeness (QED) is 0.652. The summed E-state index contributed by atoms with van der Waals surface area (Å²) in [5, 5.41) is 17.3. The molecule has 0 aromatic heterocycles. The predicted octanol–water partition coefficient (Wildman–Crippen LogP) is 4.43. The lowest BCUT2D eigenvalue weighted by molar-refractivity contribution is 0.0812. The molecule has 3 rings (SSSR count). The number of anilines is 2. The van der Waals surface area contributed by atoms with Gasteiger partial charge in [0.05, 0.1) is 29.8 Å². The summed E-state index contributed by atoms with van der Waals surface area (Å²) in [4.78, 5) is 24.3. The molecule has 3 N–H and O–H groups in total. The SMILES string of the molecule is C[C@H](NC(=O)O[C@H]1CCOC1)c1cccc(NC(=O)Nc2ccc(C#N)c(Cl)c2)c1. The van der Waals surface area contributed by atoms with E-state index in [1.807, 2.05) is 19.1 Å². The van der Waals surface area contributed by atoms with Gasteiger partial charge in [0.15, 0.2) is 0 Å². The first-order chi connectivity index (χ1) is 14.4. The number of nitrogens with zero attached hydrogens (tertiary/aromatic N) is 1. The number of halogens is 1. The minimum atomic E-state index is -0.508. The molecular formula is C21H21ClN4O4. The van der Waals surface area contributed by atoms with Crippen LogP contribution in [0.1, 0.15) is 30.5 Å². The number of urea groups is 1. The Morgan fingerprint density at radius 3 is 2.67 bits per heavy atom. The van der Waals surface area contributed by atoms with E-state index < -0.39 is 12.1 Å². The molecule has 2 atom stereocenters. The maximum absolute atomic E-state index is 12.3. The number of hydrogen-bond acceptors (Lipinski definition) is 5. The van der Waals surface area contributed by atoms with E-state index in [9.17, 15) is 9.59 Å². The average molecular weight is 429 g/mol. The molecule has 1 saturated heterocycles. The highest BCUT2D eigenvalue weighted by molar-refractivity contribution is 6.32. The summed E-state index contributed by atoms with van der Waals surface area (Å²) in [5.41, 5.74) is 2.14. The van der Waals surface area contributed by atoms with Crippen LogP contribution in [0, 0.1) is 11.3 Å². The van der Waals surface area contributed by atoms with Crippen molar-refractivity contribution in [1.82, 2.24) is 5.32 Å². The van der Waals surface area contributed by atoms with Gasteiger partial charge in [-0.05, 0) is 42.8 Å². The Bertz CT molecular complexity index is 970. The van der Waals surface area contributed by atoms with Gasteiger partial charge < -0.3 is 25.4 Å². The Hall–Kier alpha value is -3.28. The fourth-order valence-electron chi connectivity index (χ4n) is 2.91. The van der Waals surface area contributed by atoms with Crippen LogP contribution in [0.25, 0.3) is 0 Å². The van der Waals surface area contributed by atoms with Crippen molar-refractivity contribution in [3.05, 3.63) is 58.6 Å². The molecule has 2 aromatic rings. The number of carbonyl (C=O) groups is 2. The zero-order valence-corrected chi connectivity index (χ0v) is 17.0. The second-order valence-electron chi connectivity index (χ2n) is 6.77. The van der Waals surface area contributed by atoms with E-state index in [0.29, 0.717) is 36.6 Å². The molecule has 8 nitrogen and oxygen atoms in total. The van der Waals surface area contributed by atoms with Crippen LogP contribution in [0.4, 0.5) is 21.0 Å². The second-order valence-corrected chi connectivity index (χ2v) is 7.18. The van der Waals surface area contributed by atoms with Crippen molar-refractivity contribution in [3.63, 3.8) is 0 Å². The number of nitriles is 1. The summed E-state index contributed by atoms with van der Waals surface area (Å²) in [5.74, 6) is 0. The number of hydrogen-bond donors (Lipinski definition) is 3. The largest absolute Gasteiger partial charge is 0.444 e. The van der Waals surface area contributed by atoms with Crippen molar-refractivity contribution in [1.29, 1.82) is 5.26 Å². The number of benzene rings is 2. The van der Waals surface area contributed by atoms with E-state index in [1.165, 1.54) is 12.1 Å². The highest BCUT2D eigenvalue weighted by Crippen LogP contribution is 2.21. The molecule has 1 aliphatic rings. The zero-order valence-electron chi connectivity index (χ0n) is 16.3. The summed E-state index contributed by atoms with van der Waals surface area (Å²) in [7, 11) is 0. The molecule has 156 valence electrons. The lowest BCUT2D eigenvalue weighted by Crippen LogP contribution is -2.31. The number of ether oxygens (including phenoxy) is 2. The Kier molecular flexibility index (Phi) is 7.12. The minimum Gasteiger partial charge on any atom is -0.444 e. The smallest absolute Gasteiger partial charge is 0.407 e. The fraction of sp³-hybridized carbons (Fsp3) is 0.286. The molecule has 1 aliphatic heterocycles. The normalized spacial score (nSPS) is 16.2. The minimum absolute atomic E-state index is 0.218. The molecule has 9 heteroatoms. The average Bonchev–Trinajstić information content (AvgIpc) is 3.21. The molecule has 1 fully saturated rings. The molecule has 1 heterocycles. The highest BCUT2D eigenvalue weighted by atomic mass is 35.5. The van der Waals surface area contributed by atoms with Crippen LogP contribution in [0.15, 0.2) is 42.5 Å². The van der Waals surface area contributed by atoms with Gasteiger partial charge >= 0.3 is 12.1 Å². The zero-order chi connectivity index (χ0) is 21.5. The third-order valence-corrected chi connectivity index (χ3v) is 4.80. The van der Waals surface area contributed by atoms with E-state index in [4.69, 9.17) is 26.3 Å². The number of amides is 3. The number of rotatable bonds is 5. The third kappa shape index (κ3) is 5.86. The second kappa shape index (κ2) is 9.96. The first-order valence-corrected chi connectivity index (χ1v) is 9.75. The van der Waals surface area contributed by atoms with Crippen LogP contribution in [-0.2, 0) is 9.47 Å². The highest BCUT2D eigenvalue weighted by Gasteiger charge is 2.21. The van der Waals surface area contributed by atoms with Gasteiger partial charge in [-0.25, -0.2) is 9.59 Å². The molecule has 0 radical (unpaired) electrons. The Morgan fingerprint density at radius 1 is 1.23 bits per heavy atom. The molecule has 0 bridgehead atoms. The standard InChI is InChI=1S/C21H21ClN4O4/c1-13(24-21(28)30-18-7-8-29-12-18)14-3-2-4-16(9-14)25-20(27)26-17-6-5-15(11-23)19(22)10-17/h2-6,9-10,13,18H,7-8,12H2,1H3,(H,24,28)(H2,25,26,27)/t13-,18-/m0/s1. The lowest BCUT2D eigenvalue weighted by Gasteiger charge is -2.17. The molecular weight excluding hydrogens is 408 g/mol. The third-order valence-electron chi connectivity index (χ3n) is 4.49. The van der Waals surface area contributed by atoms with Crippen LogP contribution in [0.5, 0.6) is 0 Å². The molecule has 0 saturated carbocycles. The van der Waals surface area contributed by atoms with E-state index >= 15 is 0 Å². The van der Waals surface area contributed by atoms with E-state index in [1.54, 1.807) is 24.3 Å². The van der Waals surface area contributed by atoms with Crippen molar-refractivity contribution in [2.45, 2.75) is 25.5 Å². The number of alkyl carbamates (subject to hydrolysis) is 1. The lowest BCUT2D eigenvalue weighted by atomic mass is 10.1. The molecule has 0 spiro atoms. The van der Waals surface area contributed by atoms with Crippen molar-refractivity contribution in [2.24, 2.45) is 0 Å². The molecule has 0 aliphatic carbocycles. The summed E-state index contributed by atoms with van der Waals surface area (Å²) >= 11 is 5.98. The van der Waals surface area contributed by atoms with E-state index in [2.05, 4.69) is 16.0 Å². The van der Waals surface area contributed by atoms with Crippen molar-refractivity contribution in [2.75, 3.05) is 23.8 Å². The van der Waals surface area contributed by atoms with Gasteiger partial charge in [-0.3, -0.25) is 0 Å². The monoisotopic (exact) mass is 428 g/mol. The van der Waals surface area contributed by atoms with Gasteiger partial charge in [0, 0.05) is 17.8 Å². The summed E-state index contributed by atoms with van der Waals surface area (Å²) in [6.07, 6.45) is -0.0303.